The third-order valence-corrected chi connectivity index (χ3v) is 4.66. The first kappa shape index (κ1) is 16.2. The lowest BCUT2D eigenvalue weighted by Gasteiger charge is -2.13. The second-order valence-electron chi connectivity index (χ2n) is 5.83. The summed E-state index contributed by atoms with van der Waals surface area (Å²) in [7, 11) is 1.41. The van der Waals surface area contributed by atoms with Crippen molar-refractivity contribution in [2.75, 3.05) is 12.4 Å². The minimum absolute atomic E-state index is 0.330. The summed E-state index contributed by atoms with van der Waals surface area (Å²) in [5.74, 6) is 0.476. The molecule has 0 aliphatic heterocycles. The molecule has 1 aliphatic carbocycles. The molecule has 0 atom stereocenters. The topological polar surface area (TPSA) is 69.0 Å². The Morgan fingerprint density at radius 3 is 2.64 bits per heavy atom. The van der Waals surface area contributed by atoms with E-state index < -0.39 is 0 Å². The highest BCUT2D eigenvalue weighted by atomic mass is 35.5. The highest BCUT2D eigenvalue weighted by molar-refractivity contribution is 6.39. The first-order chi connectivity index (χ1) is 12.1. The fourth-order valence-electron chi connectivity index (χ4n) is 2.65. The van der Waals surface area contributed by atoms with E-state index in [1.807, 2.05) is 0 Å². The van der Waals surface area contributed by atoms with Crippen molar-refractivity contribution in [1.82, 2.24) is 14.7 Å². The summed E-state index contributed by atoms with van der Waals surface area (Å²) in [4.78, 5) is 26.9. The van der Waals surface area contributed by atoms with Gasteiger partial charge in [-0.1, -0.05) is 29.3 Å². The quantitative estimate of drug-likeness (QED) is 0.755. The van der Waals surface area contributed by atoms with E-state index in [4.69, 9.17) is 28.0 Å². The number of anilines is 1. The van der Waals surface area contributed by atoms with Crippen molar-refractivity contribution >= 4 is 40.2 Å². The van der Waals surface area contributed by atoms with Crippen LogP contribution < -0.4 is 15.7 Å². The molecule has 8 heteroatoms. The van der Waals surface area contributed by atoms with Crippen molar-refractivity contribution in [3.63, 3.8) is 0 Å². The molecular formula is C17H14Cl2N4O2. The lowest BCUT2D eigenvalue weighted by Crippen LogP contribution is -2.27. The van der Waals surface area contributed by atoms with Crippen molar-refractivity contribution in [3.8, 4) is 11.1 Å². The van der Waals surface area contributed by atoms with Crippen LogP contribution in [0.3, 0.4) is 0 Å². The molecular weight excluding hydrogens is 363 g/mol. The largest absolute Gasteiger partial charge is 0.412 e. The monoisotopic (exact) mass is 376 g/mol. The summed E-state index contributed by atoms with van der Waals surface area (Å²) in [5, 5.41) is 4.63. The molecule has 0 amide bonds. The summed E-state index contributed by atoms with van der Waals surface area (Å²) in [6.45, 7) is 0. The standard InChI is InChI=1S/C17H14Cl2N4O2/c1-25-23-15-9(8-20-17(22-15)21-10-5-6-10)7-11(16(23)24)14-12(18)3-2-4-13(14)19/h2-4,7-8,10H,5-6H2,1H3,(H,20,21,22). The SMILES string of the molecule is COn1c(=O)c(-c2c(Cl)cccc2Cl)cc2cnc(NC3CC3)nc21. The smallest absolute Gasteiger partial charge is 0.293 e. The highest BCUT2D eigenvalue weighted by Crippen LogP contribution is 2.33. The van der Waals surface area contributed by atoms with Crippen molar-refractivity contribution in [1.29, 1.82) is 0 Å². The lowest BCUT2D eigenvalue weighted by molar-refractivity contribution is 0.168. The van der Waals surface area contributed by atoms with Crippen LogP contribution in [0.4, 0.5) is 5.95 Å². The Balaban J connectivity index is 1.95. The first-order valence-electron chi connectivity index (χ1n) is 7.76. The molecule has 1 aromatic carbocycles. The predicted molar refractivity (Wildman–Crippen MR) is 98.4 cm³/mol. The van der Waals surface area contributed by atoms with Crippen LogP contribution in [-0.4, -0.2) is 27.9 Å². The molecule has 0 bridgehead atoms. The van der Waals surface area contributed by atoms with Gasteiger partial charge in [-0.05, 0) is 31.0 Å². The average Bonchev–Trinajstić information content (AvgIpc) is 3.39. The molecule has 128 valence electrons. The van der Waals surface area contributed by atoms with Crippen LogP contribution in [0.5, 0.6) is 0 Å². The van der Waals surface area contributed by atoms with Gasteiger partial charge in [-0.25, -0.2) is 4.98 Å². The van der Waals surface area contributed by atoms with Gasteiger partial charge >= 0.3 is 0 Å². The molecule has 0 unspecified atom stereocenters. The van der Waals surface area contributed by atoms with Crippen molar-refractivity contribution < 1.29 is 4.84 Å². The zero-order valence-electron chi connectivity index (χ0n) is 13.3. The Bertz CT molecular complexity index is 1010. The van der Waals surface area contributed by atoms with E-state index >= 15 is 0 Å². The van der Waals surface area contributed by atoms with Gasteiger partial charge in [0, 0.05) is 23.2 Å². The van der Waals surface area contributed by atoms with Crippen molar-refractivity contribution in [3.05, 3.63) is 50.9 Å². The molecule has 4 rings (SSSR count). The van der Waals surface area contributed by atoms with Crippen molar-refractivity contribution in [2.24, 2.45) is 0 Å². The van der Waals surface area contributed by atoms with Gasteiger partial charge < -0.3 is 10.2 Å². The van der Waals surface area contributed by atoms with E-state index in [0.29, 0.717) is 44.2 Å². The molecule has 2 heterocycles. The first-order valence-corrected chi connectivity index (χ1v) is 8.52. The Kier molecular flexibility index (Phi) is 4.01. The number of aromatic nitrogens is 3. The fourth-order valence-corrected chi connectivity index (χ4v) is 3.25. The maximum absolute atomic E-state index is 12.9. The fraction of sp³-hybridized carbons (Fsp3) is 0.235. The zero-order chi connectivity index (χ0) is 17.6. The van der Waals surface area contributed by atoms with E-state index in [1.54, 1.807) is 30.5 Å². The van der Waals surface area contributed by atoms with E-state index in [-0.39, 0.29) is 5.56 Å². The number of hydrogen-bond donors (Lipinski definition) is 1. The molecule has 6 nitrogen and oxygen atoms in total. The molecule has 25 heavy (non-hydrogen) atoms. The Morgan fingerprint density at radius 2 is 2.00 bits per heavy atom. The average molecular weight is 377 g/mol. The number of nitrogens with one attached hydrogen (secondary N) is 1. The second kappa shape index (κ2) is 6.20. The van der Waals surface area contributed by atoms with Crippen molar-refractivity contribution in [2.45, 2.75) is 18.9 Å². The summed E-state index contributed by atoms with van der Waals surface area (Å²) in [5.41, 5.74) is 0.791. The number of hydrogen-bond acceptors (Lipinski definition) is 5. The summed E-state index contributed by atoms with van der Waals surface area (Å²) >= 11 is 12.5. The lowest BCUT2D eigenvalue weighted by atomic mass is 10.1. The third-order valence-electron chi connectivity index (χ3n) is 4.03. The van der Waals surface area contributed by atoms with Gasteiger partial charge in [0.1, 0.15) is 7.11 Å². The molecule has 0 saturated heterocycles. The number of fused-ring (bicyclic) bond motifs is 1. The van der Waals surface area contributed by atoms with Crippen LogP contribution in [0.1, 0.15) is 12.8 Å². The van der Waals surface area contributed by atoms with Gasteiger partial charge in [0.15, 0.2) is 5.65 Å². The van der Waals surface area contributed by atoms with Crippen LogP contribution in [0.25, 0.3) is 22.2 Å². The zero-order valence-corrected chi connectivity index (χ0v) is 14.8. The maximum Gasteiger partial charge on any atom is 0.293 e. The number of pyridine rings is 1. The maximum atomic E-state index is 12.9. The number of benzene rings is 1. The van der Waals surface area contributed by atoms with Crippen LogP contribution >= 0.6 is 23.2 Å². The van der Waals surface area contributed by atoms with E-state index in [1.165, 1.54) is 7.11 Å². The van der Waals surface area contributed by atoms with Gasteiger partial charge in [-0.2, -0.15) is 4.98 Å². The van der Waals surface area contributed by atoms with Gasteiger partial charge in [0.2, 0.25) is 5.95 Å². The second-order valence-corrected chi connectivity index (χ2v) is 6.64. The molecule has 1 N–H and O–H groups in total. The van der Waals surface area contributed by atoms with Gasteiger partial charge in [0.05, 0.1) is 15.6 Å². The summed E-state index contributed by atoms with van der Waals surface area (Å²) in [6, 6.07) is 7.18. The molecule has 0 spiro atoms. The molecule has 1 fully saturated rings. The van der Waals surface area contributed by atoms with Gasteiger partial charge in [0.25, 0.3) is 5.56 Å². The van der Waals surface area contributed by atoms with Gasteiger partial charge in [-0.3, -0.25) is 4.79 Å². The van der Waals surface area contributed by atoms with Crippen LogP contribution in [-0.2, 0) is 0 Å². The van der Waals surface area contributed by atoms with Crippen LogP contribution in [0.15, 0.2) is 35.3 Å². The minimum Gasteiger partial charge on any atom is -0.412 e. The van der Waals surface area contributed by atoms with Gasteiger partial charge in [-0.15, -0.1) is 4.73 Å². The Hall–Kier alpha value is -2.31. The molecule has 2 aromatic heterocycles. The van der Waals surface area contributed by atoms with E-state index in [9.17, 15) is 4.79 Å². The van der Waals surface area contributed by atoms with Crippen LogP contribution in [0, 0.1) is 0 Å². The highest BCUT2D eigenvalue weighted by Gasteiger charge is 2.23. The van der Waals surface area contributed by atoms with Crippen LogP contribution in [0.2, 0.25) is 10.0 Å². The molecule has 3 aromatic rings. The Labute approximate surface area is 153 Å². The summed E-state index contributed by atoms with van der Waals surface area (Å²) < 4.78 is 1.13. The molecule has 0 radical (unpaired) electrons. The molecule has 1 aliphatic rings. The van der Waals surface area contributed by atoms with E-state index in [0.717, 1.165) is 17.6 Å². The number of halogens is 2. The Morgan fingerprint density at radius 1 is 1.28 bits per heavy atom. The van der Waals surface area contributed by atoms with E-state index in [2.05, 4.69) is 15.3 Å². The summed E-state index contributed by atoms with van der Waals surface area (Å²) in [6.07, 6.45) is 3.85. The minimum atomic E-state index is -0.388. The number of nitrogens with zero attached hydrogens (tertiary/aromatic N) is 3. The third kappa shape index (κ3) is 2.92. The molecule has 1 saturated carbocycles. The predicted octanol–water partition coefficient (Wildman–Crippen LogP) is 3.40. The number of rotatable bonds is 4. The normalized spacial score (nSPS) is 13.9.